The fourth-order valence-corrected chi connectivity index (χ4v) is 3.14. The molecule has 132 valence electrons. The molecule has 0 saturated carbocycles. The maximum atomic E-state index is 11.9. The first-order chi connectivity index (χ1) is 11.7. The number of quaternary nitrogens is 1. The molecular weight excluding hydrogens is 302 g/mol. The zero-order valence-electron chi connectivity index (χ0n) is 14.6. The third kappa shape index (κ3) is 6.32. The highest BCUT2D eigenvalue weighted by atomic mass is 16.2. The van der Waals surface area contributed by atoms with E-state index in [2.05, 4.69) is 22.9 Å². The Hall–Kier alpha value is -1.88. The third-order valence-electron chi connectivity index (χ3n) is 4.67. The summed E-state index contributed by atoms with van der Waals surface area (Å²) in [6.45, 7) is 5.15. The molecule has 0 aromatic heterocycles. The second-order valence-electron chi connectivity index (χ2n) is 6.58. The van der Waals surface area contributed by atoms with Gasteiger partial charge in [0.1, 0.15) is 0 Å². The minimum atomic E-state index is -0.596. The molecule has 1 aromatic rings. The summed E-state index contributed by atoms with van der Waals surface area (Å²) in [6.07, 6.45) is 6.87. The van der Waals surface area contributed by atoms with Gasteiger partial charge in [-0.3, -0.25) is 9.59 Å². The first-order valence-corrected chi connectivity index (χ1v) is 9.19. The lowest BCUT2D eigenvalue weighted by atomic mass is 9.94. The minimum absolute atomic E-state index is 0.555. The number of rotatable bonds is 7. The molecule has 5 heteroatoms. The molecule has 1 atom stereocenters. The molecule has 24 heavy (non-hydrogen) atoms. The van der Waals surface area contributed by atoms with E-state index in [0.29, 0.717) is 12.2 Å². The Morgan fingerprint density at radius 3 is 2.62 bits per heavy atom. The van der Waals surface area contributed by atoms with Gasteiger partial charge in [0, 0.05) is 18.2 Å². The topological polar surface area (TPSA) is 74.8 Å². The standard InChI is InChI=1S/C19H29N3O2/c1-2-15-8-10-17(11-9-15)22-19(24)18(23)21-13-4-3-6-16-7-5-12-20-14-16/h8-11,16,20H,2-7,12-14H2,1H3,(H,21,23)(H,22,24)/p+1/t16-/m0/s1. The number of nitrogens with one attached hydrogen (secondary N) is 2. The van der Waals surface area contributed by atoms with E-state index >= 15 is 0 Å². The summed E-state index contributed by atoms with van der Waals surface area (Å²) in [5.41, 5.74) is 1.86. The van der Waals surface area contributed by atoms with Crippen LogP contribution >= 0.6 is 0 Å². The molecule has 1 aliphatic rings. The molecule has 4 N–H and O–H groups in total. The molecule has 0 radical (unpaired) electrons. The van der Waals surface area contributed by atoms with Crippen LogP contribution in [0.3, 0.4) is 0 Å². The fourth-order valence-electron chi connectivity index (χ4n) is 3.14. The van der Waals surface area contributed by atoms with Gasteiger partial charge >= 0.3 is 11.8 Å². The molecule has 0 spiro atoms. The van der Waals surface area contributed by atoms with E-state index in [1.807, 2.05) is 24.3 Å². The van der Waals surface area contributed by atoms with Crippen LogP contribution < -0.4 is 16.0 Å². The Kier molecular flexibility index (Phi) is 7.75. The molecule has 1 saturated heterocycles. The molecule has 1 heterocycles. The van der Waals surface area contributed by atoms with E-state index in [1.54, 1.807) is 0 Å². The average Bonchev–Trinajstić information content (AvgIpc) is 2.62. The van der Waals surface area contributed by atoms with E-state index in [9.17, 15) is 9.59 Å². The van der Waals surface area contributed by atoms with Crippen LogP contribution in [0.4, 0.5) is 5.69 Å². The van der Waals surface area contributed by atoms with Crippen LogP contribution in [0, 0.1) is 5.92 Å². The van der Waals surface area contributed by atoms with Crippen LogP contribution in [-0.4, -0.2) is 31.4 Å². The van der Waals surface area contributed by atoms with Crippen molar-refractivity contribution >= 4 is 17.5 Å². The van der Waals surface area contributed by atoms with Crippen LogP contribution in [0.5, 0.6) is 0 Å². The number of hydrogen-bond donors (Lipinski definition) is 3. The summed E-state index contributed by atoms with van der Waals surface area (Å²) in [6, 6.07) is 7.56. The summed E-state index contributed by atoms with van der Waals surface area (Å²) in [5, 5.41) is 7.73. The van der Waals surface area contributed by atoms with Gasteiger partial charge in [0.05, 0.1) is 13.1 Å². The van der Waals surface area contributed by atoms with Gasteiger partial charge in [-0.15, -0.1) is 0 Å². The highest BCUT2D eigenvalue weighted by molar-refractivity contribution is 6.39. The number of nitrogens with two attached hydrogens (primary N) is 1. The van der Waals surface area contributed by atoms with E-state index in [-0.39, 0.29) is 0 Å². The van der Waals surface area contributed by atoms with Crippen LogP contribution in [0.1, 0.15) is 44.6 Å². The summed E-state index contributed by atoms with van der Waals surface area (Å²) in [7, 11) is 0. The Morgan fingerprint density at radius 1 is 1.17 bits per heavy atom. The Labute approximate surface area is 144 Å². The summed E-state index contributed by atoms with van der Waals surface area (Å²) in [5.74, 6) is -0.328. The van der Waals surface area contributed by atoms with Crippen molar-refractivity contribution in [3.8, 4) is 0 Å². The van der Waals surface area contributed by atoms with Gasteiger partial charge in [0.25, 0.3) is 0 Å². The molecule has 1 aliphatic heterocycles. The van der Waals surface area contributed by atoms with E-state index in [4.69, 9.17) is 0 Å². The second-order valence-corrected chi connectivity index (χ2v) is 6.58. The van der Waals surface area contributed by atoms with Gasteiger partial charge in [-0.2, -0.15) is 0 Å². The fraction of sp³-hybridized carbons (Fsp3) is 0.579. The predicted octanol–water partition coefficient (Wildman–Crippen LogP) is 1.45. The minimum Gasteiger partial charge on any atom is -0.348 e. The van der Waals surface area contributed by atoms with E-state index in [0.717, 1.165) is 25.2 Å². The highest BCUT2D eigenvalue weighted by Gasteiger charge is 2.16. The zero-order valence-corrected chi connectivity index (χ0v) is 14.6. The van der Waals surface area contributed by atoms with Crippen LogP contribution in [0.25, 0.3) is 0 Å². The van der Waals surface area contributed by atoms with Crippen LogP contribution in [0.15, 0.2) is 24.3 Å². The van der Waals surface area contributed by atoms with Gasteiger partial charge in [-0.05, 0) is 49.8 Å². The first kappa shape index (κ1) is 18.5. The maximum absolute atomic E-state index is 11.9. The number of benzene rings is 1. The molecule has 0 bridgehead atoms. The van der Waals surface area contributed by atoms with Gasteiger partial charge < -0.3 is 16.0 Å². The lowest BCUT2D eigenvalue weighted by Crippen LogP contribution is -2.87. The van der Waals surface area contributed by atoms with Gasteiger partial charge in [-0.25, -0.2) is 0 Å². The van der Waals surface area contributed by atoms with Crippen molar-refractivity contribution in [2.45, 2.75) is 45.4 Å². The molecule has 2 amide bonds. The predicted molar refractivity (Wildman–Crippen MR) is 95.7 cm³/mol. The SMILES string of the molecule is CCc1ccc(NC(=O)C(=O)NCCCC[C@H]2CCC[NH2+]C2)cc1. The van der Waals surface area contributed by atoms with E-state index < -0.39 is 11.8 Å². The van der Waals surface area contributed by atoms with E-state index in [1.165, 1.54) is 37.9 Å². The van der Waals surface area contributed by atoms with Gasteiger partial charge in [0.15, 0.2) is 0 Å². The average molecular weight is 332 g/mol. The number of aryl methyl sites for hydroxylation is 1. The lowest BCUT2D eigenvalue weighted by molar-refractivity contribution is -0.669. The molecule has 0 unspecified atom stereocenters. The number of amides is 2. The maximum Gasteiger partial charge on any atom is 0.313 e. The van der Waals surface area contributed by atoms with Crippen molar-refractivity contribution in [1.82, 2.24) is 5.32 Å². The molecule has 2 rings (SSSR count). The number of anilines is 1. The quantitative estimate of drug-likeness (QED) is 0.522. The van der Waals surface area contributed by atoms with Gasteiger partial charge in [0.2, 0.25) is 0 Å². The Morgan fingerprint density at radius 2 is 1.96 bits per heavy atom. The Balaban J connectivity index is 1.59. The third-order valence-corrected chi connectivity index (χ3v) is 4.67. The summed E-state index contributed by atoms with van der Waals surface area (Å²) >= 11 is 0. The highest BCUT2D eigenvalue weighted by Crippen LogP contribution is 2.14. The largest absolute Gasteiger partial charge is 0.348 e. The van der Waals surface area contributed by atoms with Crippen molar-refractivity contribution in [1.29, 1.82) is 0 Å². The van der Waals surface area contributed by atoms with Crippen molar-refractivity contribution in [2.24, 2.45) is 5.92 Å². The normalized spacial score (nSPS) is 17.3. The van der Waals surface area contributed by atoms with Crippen molar-refractivity contribution in [2.75, 3.05) is 25.0 Å². The number of unbranched alkanes of at least 4 members (excludes halogenated alkanes) is 1. The smallest absolute Gasteiger partial charge is 0.313 e. The van der Waals surface area contributed by atoms with Gasteiger partial charge in [-0.1, -0.05) is 25.5 Å². The van der Waals surface area contributed by atoms with Crippen molar-refractivity contribution < 1.29 is 14.9 Å². The lowest BCUT2D eigenvalue weighted by Gasteiger charge is -2.19. The monoisotopic (exact) mass is 332 g/mol. The van der Waals surface area contributed by atoms with Crippen LogP contribution in [0.2, 0.25) is 0 Å². The summed E-state index contributed by atoms with van der Waals surface area (Å²) < 4.78 is 0. The number of carbonyl (C=O) groups is 2. The number of piperidine rings is 1. The molecule has 1 aromatic carbocycles. The molecule has 0 aliphatic carbocycles. The first-order valence-electron chi connectivity index (χ1n) is 9.19. The Bertz CT molecular complexity index is 522. The van der Waals surface area contributed by atoms with Crippen LogP contribution in [-0.2, 0) is 16.0 Å². The molecule has 5 nitrogen and oxygen atoms in total. The molecule has 1 fully saturated rings. The number of carbonyl (C=O) groups excluding carboxylic acids is 2. The number of hydrogen-bond acceptors (Lipinski definition) is 2. The zero-order chi connectivity index (χ0) is 17.2. The van der Waals surface area contributed by atoms with Crippen molar-refractivity contribution in [3.05, 3.63) is 29.8 Å². The van der Waals surface area contributed by atoms with Crippen molar-refractivity contribution in [3.63, 3.8) is 0 Å². The summed E-state index contributed by atoms with van der Waals surface area (Å²) in [4.78, 5) is 23.7. The molecular formula is C19H30N3O2+. The second kappa shape index (κ2) is 10.1.